The van der Waals surface area contributed by atoms with E-state index in [1.54, 1.807) is 12.7 Å². The Hall–Kier alpha value is -1.03. The van der Waals surface area contributed by atoms with Crippen molar-refractivity contribution in [2.24, 2.45) is 46.3 Å². The van der Waals surface area contributed by atoms with Gasteiger partial charge in [-0.05, 0) is 91.3 Å². The van der Waals surface area contributed by atoms with Gasteiger partial charge in [-0.3, -0.25) is 0 Å². The Morgan fingerprint density at radius 3 is 2.63 bits per heavy atom. The quantitative estimate of drug-likeness (QED) is 0.267. The van der Waals surface area contributed by atoms with Gasteiger partial charge in [-0.1, -0.05) is 65.5 Å². The minimum absolute atomic E-state index is 0.0184. The van der Waals surface area contributed by atoms with Crippen LogP contribution in [0.3, 0.4) is 0 Å². The molecule has 4 heteroatoms. The molecule has 4 rings (SSSR count). The number of amides is 1. The molecule has 3 fully saturated rings. The first-order valence-corrected chi connectivity index (χ1v) is 14.8. The number of nitrogens with one attached hydrogen (secondary N) is 1. The molecule has 4 nitrogen and oxygen atoms in total. The van der Waals surface area contributed by atoms with Gasteiger partial charge in [-0.2, -0.15) is 0 Å². The summed E-state index contributed by atoms with van der Waals surface area (Å²) in [6, 6.07) is 0. The molecule has 0 aromatic heterocycles. The highest BCUT2D eigenvalue weighted by Gasteiger charge is 2.59. The van der Waals surface area contributed by atoms with Crippen molar-refractivity contribution in [3.63, 3.8) is 0 Å². The lowest BCUT2D eigenvalue weighted by Crippen LogP contribution is -2.51. The van der Waals surface area contributed by atoms with Crippen molar-refractivity contribution in [3.8, 4) is 0 Å². The minimum Gasteiger partial charge on any atom is -0.446 e. The molecule has 0 aromatic rings. The van der Waals surface area contributed by atoms with Crippen molar-refractivity contribution < 1.29 is 14.3 Å². The Morgan fingerprint density at radius 2 is 1.89 bits per heavy atom. The highest BCUT2D eigenvalue weighted by molar-refractivity contribution is 5.67. The van der Waals surface area contributed by atoms with Gasteiger partial charge in [0.2, 0.25) is 0 Å². The Balaban J connectivity index is 1.39. The van der Waals surface area contributed by atoms with E-state index >= 15 is 0 Å². The number of carbonyl (C=O) groups is 1. The Kier molecular flexibility index (Phi) is 8.61. The van der Waals surface area contributed by atoms with Crippen molar-refractivity contribution in [2.45, 2.75) is 111 Å². The normalized spacial score (nSPS) is 39.3. The molecule has 3 saturated carbocycles. The number of fused-ring (bicyclic) bond motifs is 5. The number of ether oxygens (including phenoxy) is 2. The lowest BCUT2D eigenvalue weighted by molar-refractivity contribution is -0.0581. The molecule has 4 aliphatic carbocycles. The molecule has 4 aliphatic rings. The molecule has 0 saturated heterocycles. The topological polar surface area (TPSA) is 47.6 Å². The molecule has 0 heterocycles. The monoisotopic (exact) mass is 487 g/mol. The molecule has 0 aliphatic heterocycles. The molecule has 6 unspecified atom stereocenters. The van der Waals surface area contributed by atoms with Crippen molar-refractivity contribution in [2.75, 3.05) is 20.3 Å². The second kappa shape index (κ2) is 11.2. The summed E-state index contributed by atoms with van der Waals surface area (Å²) in [6.07, 6.45) is 16.6. The largest absolute Gasteiger partial charge is 0.446 e. The van der Waals surface area contributed by atoms with E-state index in [4.69, 9.17) is 9.47 Å². The van der Waals surface area contributed by atoms with E-state index in [-0.39, 0.29) is 12.2 Å². The number of alkyl carbamates (subject to hydrolysis) is 1. The van der Waals surface area contributed by atoms with Gasteiger partial charge in [0, 0.05) is 20.1 Å². The SMILES string of the molecule is COCCNC(=O)OC1CC[C@@]2(C)C(=CCC3C4CCC(C(C)CCCC(C)C)[C@@]4(C)CCC32)C1. The van der Waals surface area contributed by atoms with Gasteiger partial charge in [-0.25, -0.2) is 4.79 Å². The van der Waals surface area contributed by atoms with Gasteiger partial charge in [-0.15, -0.1) is 0 Å². The van der Waals surface area contributed by atoms with Crippen molar-refractivity contribution in [1.82, 2.24) is 5.32 Å². The molecular formula is C31H53NO3. The van der Waals surface area contributed by atoms with E-state index in [1.807, 2.05) is 0 Å². The summed E-state index contributed by atoms with van der Waals surface area (Å²) >= 11 is 0. The molecule has 35 heavy (non-hydrogen) atoms. The van der Waals surface area contributed by atoms with E-state index in [0.29, 0.717) is 24.0 Å². The van der Waals surface area contributed by atoms with Crippen LogP contribution >= 0.6 is 0 Å². The van der Waals surface area contributed by atoms with Gasteiger partial charge in [0.05, 0.1) is 6.61 Å². The smallest absolute Gasteiger partial charge is 0.407 e. The van der Waals surface area contributed by atoms with Crippen LogP contribution in [0.25, 0.3) is 0 Å². The lowest BCUT2D eigenvalue weighted by Gasteiger charge is -2.58. The molecule has 0 radical (unpaired) electrons. The van der Waals surface area contributed by atoms with E-state index in [9.17, 15) is 4.79 Å². The zero-order valence-corrected chi connectivity index (χ0v) is 23.5. The Morgan fingerprint density at radius 1 is 1.09 bits per heavy atom. The van der Waals surface area contributed by atoms with Crippen LogP contribution < -0.4 is 5.32 Å². The van der Waals surface area contributed by atoms with Crippen LogP contribution in [0, 0.1) is 46.3 Å². The van der Waals surface area contributed by atoms with Crippen LogP contribution in [0.15, 0.2) is 11.6 Å². The van der Waals surface area contributed by atoms with Gasteiger partial charge < -0.3 is 14.8 Å². The van der Waals surface area contributed by atoms with E-state index < -0.39 is 0 Å². The third-order valence-corrected chi connectivity index (χ3v) is 11.1. The molecule has 1 amide bonds. The summed E-state index contributed by atoms with van der Waals surface area (Å²) < 4.78 is 10.8. The summed E-state index contributed by atoms with van der Waals surface area (Å²) in [7, 11) is 1.64. The highest BCUT2D eigenvalue weighted by Crippen LogP contribution is 2.67. The second-order valence-electron chi connectivity index (χ2n) is 13.5. The van der Waals surface area contributed by atoms with Crippen LogP contribution in [-0.4, -0.2) is 32.5 Å². The maximum atomic E-state index is 12.2. The summed E-state index contributed by atoms with van der Waals surface area (Å²) in [5.41, 5.74) is 2.43. The van der Waals surface area contributed by atoms with Crippen LogP contribution in [0.2, 0.25) is 0 Å². The van der Waals surface area contributed by atoms with Crippen molar-refractivity contribution in [1.29, 1.82) is 0 Å². The summed E-state index contributed by atoms with van der Waals surface area (Å²) in [5.74, 6) is 5.18. The van der Waals surface area contributed by atoms with Crippen LogP contribution in [0.5, 0.6) is 0 Å². The van der Waals surface area contributed by atoms with Crippen molar-refractivity contribution >= 4 is 6.09 Å². The predicted molar refractivity (Wildman–Crippen MR) is 143 cm³/mol. The molecule has 200 valence electrons. The molecule has 1 N–H and O–H groups in total. The van der Waals surface area contributed by atoms with Crippen LogP contribution in [0.1, 0.15) is 105 Å². The Bertz CT molecular complexity index is 762. The summed E-state index contributed by atoms with van der Waals surface area (Å²) in [4.78, 5) is 12.2. The van der Waals surface area contributed by atoms with Gasteiger partial charge in [0.15, 0.2) is 0 Å². The van der Waals surface area contributed by atoms with Gasteiger partial charge >= 0.3 is 6.09 Å². The number of hydrogen-bond acceptors (Lipinski definition) is 3. The molecule has 0 bridgehead atoms. The fourth-order valence-corrected chi connectivity index (χ4v) is 9.20. The van der Waals surface area contributed by atoms with E-state index in [0.717, 1.165) is 54.8 Å². The fourth-order valence-electron chi connectivity index (χ4n) is 9.20. The average Bonchev–Trinajstić information content (AvgIpc) is 3.16. The number of carbonyl (C=O) groups excluding carboxylic acids is 1. The number of rotatable bonds is 9. The first-order valence-electron chi connectivity index (χ1n) is 14.8. The minimum atomic E-state index is -0.294. The number of methoxy groups -OCH3 is 1. The zero-order valence-electron chi connectivity index (χ0n) is 23.5. The summed E-state index contributed by atoms with van der Waals surface area (Å²) in [6.45, 7) is 13.5. The molecule has 8 atom stereocenters. The van der Waals surface area contributed by atoms with Gasteiger partial charge in [0.25, 0.3) is 0 Å². The zero-order chi connectivity index (χ0) is 25.2. The maximum Gasteiger partial charge on any atom is 0.407 e. The molecule has 0 aromatic carbocycles. The second-order valence-corrected chi connectivity index (χ2v) is 13.5. The first kappa shape index (κ1) is 27.0. The van der Waals surface area contributed by atoms with E-state index in [1.165, 1.54) is 51.4 Å². The number of hydrogen-bond donors (Lipinski definition) is 1. The fraction of sp³-hybridized carbons (Fsp3) is 0.903. The predicted octanol–water partition coefficient (Wildman–Crippen LogP) is 7.77. The third kappa shape index (κ3) is 5.48. The first-order chi connectivity index (χ1) is 16.7. The number of allylic oxidation sites excluding steroid dienone is 1. The van der Waals surface area contributed by atoms with E-state index in [2.05, 4.69) is 46.0 Å². The standard InChI is InChI=1S/C31H53NO3/c1-21(2)8-7-9-22(3)26-12-13-27-25-11-10-23-20-24(35-29(33)32-18-19-34-6)14-16-30(23,4)28(25)15-17-31(26,27)5/h10,21-22,24-28H,7-9,11-20H2,1-6H3,(H,32,33)/t22?,24?,25?,26?,27?,28?,30-,31+/m0/s1. The summed E-state index contributed by atoms with van der Waals surface area (Å²) in [5, 5.41) is 2.81. The van der Waals surface area contributed by atoms with Crippen molar-refractivity contribution in [3.05, 3.63) is 11.6 Å². The lowest BCUT2D eigenvalue weighted by atomic mass is 9.47. The van der Waals surface area contributed by atoms with Crippen LogP contribution in [0.4, 0.5) is 4.79 Å². The average molecular weight is 488 g/mol. The third-order valence-electron chi connectivity index (χ3n) is 11.1. The molecule has 0 spiro atoms. The van der Waals surface area contributed by atoms with Gasteiger partial charge in [0.1, 0.15) is 6.10 Å². The maximum absolute atomic E-state index is 12.2. The Labute approximate surface area is 215 Å². The van der Waals surface area contributed by atoms with Crippen LogP contribution in [-0.2, 0) is 9.47 Å². The highest BCUT2D eigenvalue weighted by atomic mass is 16.6. The molecular weight excluding hydrogens is 434 g/mol.